The molecular weight excluding hydrogens is 309 g/mol. The third kappa shape index (κ3) is 2.29. The molecule has 1 fully saturated rings. The molecule has 2 nitrogen and oxygen atoms in total. The van der Waals surface area contributed by atoms with Crippen LogP contribution in [0.1, 0.15) is 18.0 Å². The second-order valence-electron chi connectivity index (χ2n) is 4.68. The van der Waals surface area contributed by atoms with Gasteiger partial charge in [0.25, 0.3) is 0 Å². The standard InChI is InChI=1S/C12H14BrF3N2/c1-18-5-6(4-17)2-9(18)7-3-8(13)11(15)12(16)10(7)14/h3,6,9H,2,4-5,17H2,1H3. The Morgan fingerprint density at radius 2 is 2.00 bits per heavy atom. The van der Waals surface area contributed by atoms with Crippen molar-refractivity contribution in [1.82, 2.24) is 4.90 Å². The van der Waals surface area contributed by atoms with Gasteiger partial charge < -0.3 is 5.73 Å². The summed E-state index contributed by atoms with van der Waals surface area (Å²) < 4.78 is 40.3. The molecule has 0 amide bonds. The molecule has 0 aromatic heterocycles. The lowest BCUT2D eigenvalue weighted by Gasteiger charge is -2.20. The highest BCUT2D eigenvalue weighted by Crippen LogP contribution is 2.37. The van der Waals surface area contributed by atoms with Crippen molar-refractivity contribution < 1.29 is 13.2 Å². The number of halogens is 4. The van der Waals surface area contributed by atoms with Crippen LogP contribution in [-0.2, 0) is 0 Å². The van der Waals surface area contributed by atoms with Gasteiger partial charge in [-0.3, -0.25) is 4.90 Å². The molecule has 6 heteroatoms. The molecule has 0 spiro atoms. The molecule has 1 aliphatic rings. The first kappa shape index (κ1) is 13.8. The molecule has 0 radical (unpaired) electrons. The van der Waals surface area contributed by atoms with Crippen LogP contribution in [0, 0.1) is 23.4 Å². The molecule has 0 bridgehead atoms. The number of hydrogen-bond donors (Lipinski definition) is 1. The van der Waals surface area contributed by atoms with Crippen molar-refractivity contribution in [2.45, 2.75) is 12.5 Å². The van der Waals surface area contributed by atoms with E-state index in [0.29, 0.717) is 13.0 Å². The maximum absolute atomic E-state index is 13.8. The quantitative estimate of drug-likeness (QED) is 0.670. The number of nitrogens with zero attached hydrogens (tertiary/aromatic N) is 1. The third-order valence-corrected chi connectivity index (χ3v) is 4.03. The third-order valence-electron chi connectivity index (χ3n) is 3.46. The van der Waals surface area contributed by atoms with Gasteiger partial charge in [-0.1, -0.05) is 0 Å². The summed E-state index contributed by atoms with van der Waals surface area (Å²) in [6.45, 7) is 1.24. The van der Waals surface area contributed by atoms with Crippen LogP contribution in [0.4, 0.5) is 13.2 Å². The van der Waals surface area contributed by atoms with Crippen LogP contribution in [0.3, 0.4) is 0 Å². The summed E-state index contributed by atoms with van der Waals surface area (Å²) in [6, 6.07) is 1.05. The largest absolute Gasteiger partial charge is 0.330 e. The average Bonchev–Trinajstić information content (AvgIpc) is 2.72. The molecule has 0 aliphatic carbocycles. The molecule has 1 aliphatic heterocycles. The Morgan fingerprint density at radius 3 is 2.56 bits per heavy atom. The predicted molar refractivity (Wildman–Crippen MR) is 66.5 cm³/mol. The van der Waals surface area contributed by atoms with Gasteiger partial charge in [0.2, 0.25) is 0 Å². The van der Waals surface area contributed by atoms with E-state index in [-0.39, 0.29) is 22.0 Å². The summed E-state index contributed by atoms with van der Waals surface area (Å²) in [6.07, 6.45) is 0.654. The topological polar surface area (TPSA) is 29.3 Å². The Labute approximate surface area is 112 Å². The van der Waals surface area contributed by atoms with Crippen molar-refractivity contribution in [1.29, 1.82) is 0 Å². The molecule has 0 saturated carbocycles. The summed E-state index contributed by atoms with van der Waals surface area (Å²) in [7, 11) is 1.83. The molecule has 1 heterocycles. The minimum absolute atomic E-state index is 0.0546. The number of benzene rings is 1. The van der Waals surface area contributed by atoms with Crippen LogP contribution in [0.5, 0.6) is 0 Å². The highest BCUT2D eigenvalue weighted by molar-refractivity contribution is 9.10. The van der Waals surface area contributed by atoms with E-state index >= 15 is 0 Å². The highest BCUT2D eigenvalue weighted by Gasteiger charge is 2.33. The number of nitrogens with two attached hydrogens (primary N) is 1. The molecule has 2 atom stereocenters. The SMILES string of the molecule is CN1CC(CN)CC1c1cc(Br)c(F)c(F)c1F. The fourth-order valence-corrected chi connectivity index (χ4v) is 2.89. The lowest BCUT2D eigenvalue weighted by atomic mass is 9.99. The maximum Gasteiger partial charge on any atom is 0.195 e. The highest BCUT2D eigenvalue weighted by atomic mass is 79.9. The molecule has 100 valence electrons. The van der Waals surface area contributed by atoms with Crippen LogP contribution in [0.15, 0.2) is 10.5 Å². The van der Waals surface area contributed by atoms with Gasteiger partial charge in [0.15, 0.2) is 17.5 Å². The normalized spacial score (nSPS) is 24.8. The first-order chi connectivity index (χ1) is 8.45. The van der Waals surface area contributed by atoms with Gasteiger partial charge in [-0.2, -0.15) is 0 Å². The van der Waals surface area contributed by atoms with Crippen molar-refractivity contribution in [2.24, 2.45) is 11.7 Å². The smallest absolute Gasteiger partial charge is 0.195 e. The Kier molecular flexibility index (Phi) is 3.99. The summed E-state index contributed by atoms with van der Waals surface area (Å²) in [4.78, 5) is 1.92. The van der Waals surface area contributed by atoms with Gasteiger partial charge in [0.1, 0.15) is 0 Å². The summed E-state index contributed by atoms with van der Waals surface area (Å²) in [5.74, 6) is -3.47. The first-order valence-corrected chi connectivity index (χ1v) is 6.48. The number of likely N-dealkylation sites (tertiary alicyclic amines) is 1. The predicted octanol–water partition coefficient (Wildman–Crippen LogP) is 2.82. The van der Waals surface area contributed by atoms with Crippen LogP contribution >= 0.6 is 15.9 Å². The first-order valence-electron chi connectivity index (χ1n) is 5.68. The van der Waals surface area contributed by atoms with Gasteiger partial charge in [0, 0.05) is 18.2 Å². The Hall–Kier alpha value is -0.590. The van der Waals surface area contributed by atoms with Crippen LogP contribution < -0.4 is 5.73 Å². The van der Waals surface area contributed by atoms with E-state index in [2.05, 4.69) is 15.9 Å². The molecule has 2 N–H and O–H groups in total. The van der Waals surface area contributed by atoms with E-state index in [1.807, 2.05) is 11.9 Å². The Morgan fingerprint density at radius 1 is 1.33 bits per heavy atom. The van der Waals surface area contributed by atoms with E-state index in [1.54, 1.807) is 0 Å². The lowest BCUT2D eigenvalue weighted by Crippen LogP contribution is -2.21. The second kappa shape index (κ2) is 5.19. The molecule has 2 rings (SSSR count). The summed E-state index contributed by atoms with van der Waals surface area (Å²) in [5, 5.41) is 0. The van der Waals surface area contributed by atoms with Crippen LogP contribution in [0.2, 0.25) is 0 Å². The van der Waals surface area contributed by atoms with Gasteiger partial charge in [0.05, 0.1) is 4.47 Å². The number of rotatable bonds is 2. The number of hydrogen-bond acceptors (Lipinski definition) is 2. The van der Waals surface area contributed by atoms with Crippen molar-refractivity contribution in [2.75, 3.05) is 20.1 Å². The van der Waals surface area contributed by atoms with Crippen molar-refractivity contribution in [3.05, 3.63) is 33.6 Å². The Balaban J connectivity index is 2.40. The van der Waals surface area contributed by atoms with E-state index in [9.17, 15) is 13.2 Å². The zero-order chi connectivity index (χ0) is 13.4. The van der Waals surface area contributed by atoms with Gasteiger partial charge >= 0.3 is 0 Å². The zero-order valence-electron chi connectivity index (χ0n) is 9.89. The zero-order valence-corrected chi connectivity index (χ0v) is 11.5. The lowest BCUT2D eigenvalue weighted by molar-refractivity contribution is 0.301. The van der Waals surface area contributed by atoms with Crippen molar-refractivity contribution >= 4 is 15.9 Å². The van der Waals surface area contributed by atoms with Crippen LogP contribution in [0.25, 0.3) is 0 Å². The minimum atomic E-state index is -1.43. The van der Waals surface area contributed by atoms with Crippen LogP contribution in [-0.4, -0.2) is 25.0 Å². The minimum Gasteiger partial charge on any atom is -0.330 e. The fourth-order valence-electron chi connectivity index (χ4n) is 2.47. The van der Waals surface area contributed by atoms with E-state index in [0.717, 1.165) is 6.54 Å². The average molecular weight is 323 g/mol. The summed E-state index contributed by atoms with van der Waals surface area (Å²) in [5.41, 5.74) is 5.77. The van der Waals surface area contributed by atoms with Crippen molar-refractivity contribution in [3.8, 4) is 0 Å². The molecule has 1 aromatic carbocycles. The Bertz CT molecular complexity index is 467. The monoisotopic (exact) mass is 322 g/mol. The van der Waals surface area contributed by atoms with E-state index < -0.39 is 17.5 Å². The van der Waals surface area contributed by atoms with Gasteiger partial charge in [-0.25, -0.2) is 13.2 Å². The van der Waals surface area contributed by atoms with E-state index in [4.69, 9.17) is 5.73 Å². The molecular formula is C12H14BrF3N2. The maximum atomic E-state index is 13.8. The molecule has 2 unspecified atom stereocenters. The van der Waals surface area contributed by atoms with E-state index in [1.165, 1.54) is 6.07 Å². The fraction of sp³-hybridized carbons (Fsp3) is 0.500. The van der Waals surface area contributed by atoms with Crippen molar-refractivity contribution in [3.63, 3.8) is 0 Å². The molecule has 1 saturated heterocycles. The van der Waals surface area contributed by atoms with Gasteiger partial charge in [-0.15, -0.1) is 0 Å². The second-order valence-corrected chi connectivity index (χ2v) is 5.54. The molecule has 1 aromatic rings. The molecule has 18 heavy (non-hydrogen) atoms. The summed E-state index contributed by atoms with van der Waals surface area (Å²) >= 11 is 2.91. The van der Waals surface area contributed by atoms with Gasteiger partial charge in [-0.05, 0) is 47.9 Å².